The first kappa shape index (κ1) is 27.2. The quantitative estimate of drug-likeness (QED) is 0.416. The molecule has 2 heterocycles. The first-order chi connectivity index (χ1) is 18.5. The fourth-order valence-electron chi connectivity index (χ4n) is 3.87. The fourth-order valence-corrected chi connectivity index (χ4v) is 3.87. The normalized spacial score (nSPS) is 13.0. The number of benzene rings is 2. The van der Waals surface area contributed by atoms with Crippen LogP contribution >= 0.6 is 0 Å². The minimum Gasteiger partial charge on any atom is -0.497 e. The number of rotatable bonds is 7. The van der Waals surface area contributed by atoms with Gasteiger partial charge in [-0.3, -0.25) is 19.4 Å². The SMILES string of the molecule is CNC(=O)CN1C(=O)N(c2cc(NC(=O)c3cccc(C(F)(F)F)c3)cc(OC)c2)Cc2cnc(NC)nc21. The molecule has 2 aromatic carbocycles. The van der Waals surface area contributed by atoms with Gasteiger partial charge in [0, 0.05) is 49.2 Å². The van der Waals surface area contributed by atoms with Gasteiger partial charge in [0.15, 0.2) is 0 Å². The average molecular weight is 544 g/mol. The van der Waals surface area contributed by atoms with Crippen LogP contribution in [0.25, 0.3) is 0 Å². The number of fused-ring (bicyclic) bond motifs is 1. The second-order valence-corrected chi connectivity index (χ2v) is 8.37. The molecule has 0 aliphatic carbocycles. The van der Waals surface area contributed by atoms with Crippen molar-refractivity contribution in [3.05, 3.63) is 65.4 Å². The number of hydrogen-bond acceptors (Lipinski definition) is 7. The fraction of sp³-hybridized carbons (Fsp3) is 0.240. The Hall–Kier alpha value is -4.88. The molecule has 0 unspecified atom stereocenters. The number of alkyl halides is 3. The molecule has 0 radical (unpaired) electrons. The van der Waals surface area contributed by atoms with Crippen LogP contribution in [0.15, 0.2) is 48.7 Å². The van der Waals surface area contributed by atoms with Crippen LogP contribution in [0.3, 0.4) is 0 Å². The van der Waals surface area contributed by atoms with E-state index in [2.05, 4.69) is 25.9 Å². The summed E-state index contributed by atoms with van der Waals surface area (Å²) >= 11 is 0. The zero-order valence-corrected chi connectivity index (χ0v) is 21.1. The molecule has 14 heteroatoms. The van der Waals surface area contributed by atoms with Crippen LogP contribution in [0, 0.1) is 0 Å². The lowest BCUT2D eigenvalue weighted by Crippen LogP contribution is -2.51. The molecule has 0 bridgehead atoms. The Labute approximate surface area is 221 Å². The second-order valence-electron chi connectivity index (χ2n) is 8.37. The molecule has 4 rings (SSSR count). The summed E-state index contributed by atoms with van der Waals surface area (Å²) in [5.41, 5.74) is -0.144. The van der Waals surface area contributed by atoms with E-state index in [0.717, 1.165) is 18.2 Å². The number of likely N-dealkylation sites (N-methyl/N-ethyl adjacent to an activating group) is 1. The van der Waals surface area contributed by atoms with Crippen LogP contribution < -0.4 is 30.5 Å². The summed E-state index contributed by atoms with van der Waals surface area (Å²) in [6, 6.07) is 7.92. The zero-order chi connectivity index (χ0) is 28.3. The van der Waals surface area contributed by atoms with Crippen molar-refractivity contribution in [3.63, 3.8) is 0 Å². The Morgan fingerprint density at radius 2 is 1.90 bits per heavy atom. The van der Waals surface area contributed by atoms with Gasteiger partial charge in [0.25, 0.3) is 5.91 Å². The maximum Gasteiger partial charge on any atom is 0.416 e. The Morgan fingerprint density at radius 1 is 1.13 bits per heavy atom. The minimum atomic E-state index is -4.61. The number of carbonyl (C=O) groups excluding carboxylic acids is 3. The van der Waals surface area contributed by atoms with Crippen molar-refractivity contribution in [2.45, 2.75) is 12.7 Å². The van der Waals surface area contributed by atoms with Crippen LogP contribution in [-0.2, 0) is 17.5 Å². The van der Waals surface area contributed by atoms with Crippen LogP contribution in [0.5, 0.6) is 5.75 Å². The van der Waals surface area contributed by atoms with Gasteiger partial charge in [-0.25, -0.2) is 9.78 Å². The lowest BCUT2D eigenvalue weighted by atomic mass is 10.1. The molecule has 1 aliphatic heterocycles. The summed E-state index contributed by atoms with van der Waals surface area (Å²) in [7, 11) is 4.44. The third kappa shape index (κ3) is 5.84. The summed E-state index contributed by atoms with van der Waals surface area (Å²) in [6.45, 7) is -0.279. The van der Waals surface area contributed by atoms with Gasteiger partial charge in [0.05, 0.1) is 24.9 Å². The third-order valence-corrected chi connectivity index (χ3v) is 5.84. The van der Waals surface area contributed by atoms with Crippen molar-refractivity contribution in [2.24, 2.45) is 0 Å². The number of ether oxygens (including phenoxy) is 1. The summed E-state index contributed by atoms with van der Waals surface area (Å²) in [5, 5.41) is 7.83. The third-order valence-electron chi connectivity index (χ3n) is 5.84. The molecule has 3 N–H and O–H groups in total. The monoisotopic (exact) mass is 543 g/mol. The Bertz CT molecular complexity index is 1430. The second kappa shape index (κ2) is 10.8. The molecule has 1 aliphatic rings. The highest BCUT2D eigenvalue weighted by atomic mass is 19.4. The van der Waals surface area contributed by atoms with E-state index in [0.29, 0.717) is 11.3 Å². The van der Waals surface area contributed by atoms with Crippen molar-refractivity contribution in [1.82, 2.24) is 15.3 Å². The average Bonchev–Trinajstić information content (AvgIpc) is 2.93. The summed E-state index contributed by atoms with van der Waals surface area (Å²) in [6.07, 6.45) is -3.08. The lowest BCUT2D eigenvalue weighted by Gasteiger charge is -2.36. The van der Waals surface area contributed by atoms with E-state index in [1.165, 1.54) is 48.4 Å². The maximum atomic E-state index is 13.6. The van der Waals surface area contributed by atoms with Gasteiger partial charge in [0.1, 0.15) is 18.1 Å². The first-order valence-electron chi connectivity index (χ1n) is 11.5. The molecule has 11 nitrogen and oxygen atoms in total. The Kier molecular flexibility index (Phi) is 7.56. The number of aromatic nitrogens is 2. The topological polar surface area (TPSA) is 129 Å². The van der Waals surface area contributed by atoms with E-state index in [-0.39, 0.29) is 41.9 Å². The van der Waals surface area contributed by atoms with E-state index >= 15 is 0 Å². The largest absolute Gasteiger partial charge is 0.497 e. The van der Waals surface area contributed by atoms with Gasteiger partial charge in [-0.15, -0.1) is 0 Å². The predicted molar refractivity (Wildman–Crippen MR) is 137 cm³/mol. The molecule has 0 saturated heterocycles. The molecular formula is C25H24F3N7O4. The number of methoxy groups -OCH3 is 1. The highest BCUT2D eigenvalue weighted by molar-refractivity contribution is 6.09. The molecule has 39 heavy (non-hydrogen) atoms. The lowest BCUT2D eigenvalue weighted by molar-refractivity contribution is -0.137. The van der Waals surface area contributed by atoms with Gasteiger partial charge in [-0.1, -0.05) is 6.07 Å². The van der Waals surface area contributed by atoms with Gasteiger partial charge < -0.3 is 20.7 Å². The van der Waals surface area contributed by atoms with Crippen LogP contribution in [-0.4, -0.2) is 55.6 Å². The van der Waals surface area contributed by atoms with Crippen LogP contribution in [0.2, 0.25) is 0 Å². The van der Waals surface area contributed by atoms with E-state index in [1.807, 2.05) is 0 Å². The molecule has 0 spiro atoms. The highest BCUT2D eigenvalue weighted by Crippen LogP contribution is 2.35. The number of halogens is 3. The number of amides is 4. The summed E-state index contributed by atoms with van der Waals surface area (Å²) in [5.74, 6) is -0.423. The number of urea groups is 1. The molecule has 3 aromatic rings. The molecule has 4 amide bonds. The molecule has 0 saturated carbocycles. The smallest absolute Gasteiger partial charge is 0.416 e. The summed E-state index contributed by atoms with van der Waals surface area (Å²) in [4.78, 5) is 49.7. The molecule has 0 fully saturated rings. The highest BCUT2D eigenvalue weighted by Gasteiger charge is 2.35. The number of hydrogen-bond donors (Lipinski definition) is 3. The van der Waals surface area contributed by atoms with Gasteiger partial charge in [-0.2, -0.15) is 18.2 Å². The van der Waals surface area contributed by atoms with Gasteiger partial charge >= 0.3 is 12.2 Å². The first-order valence-corrected chi connectivity index (χ1v) is 11.5. The minimum absolute atomic E-state index is 0.0383. The molecule has 1 aromatic heterocycles. The molecule has 0 atom stereocenters. The van der Waals surface area contributed by atoms with E-state index < -0.39 is 29.6 Å². The standard InChI is InChI=1S/C25H24F3N7O4/c1-29-20(36)13-35-21-15(11-31-23(30-2)33-21)12-34(24(35)38)18-8-17(9-19(10-18)39-3)32-22(37)14-5-4-6-16(7-14)25(26,27)28/h4-11H,12-13H2,1-3H3,(H,29,36)(H,32,37)(H,30,31,33). The van der Waals surface area contributed by atoms with E-state index in [9.17, 15) is 27.6 Å². The maximum absolute atomic E-state index is 13.6. The van der Waals surface area contributed by atoms with Gasteiger partial charge in [-0.05, 0) is 24.3 Å². The van der Waals surface area contributed by atoms with Crippen molar-refractivity contribution < 1.29 is 32.3 Å². The van der Waals surface area contributed by atoms with Gasteiger partial charge in [0.2, 0.25) is 11.9 Å². The molecule has 204 valence electrons. The number of nitrogens with zero attached hydrogens (tertiary/aromatic N) is 4. The van der Waals surface area contributed by atoms with Crippen molar-refractivity contribution in [1.29, 1.82) is 0 Å². The van der Waals surface area contributed by atoms with E-state index in [1.54, 1.807) is 13.1 Å². The Balaban J connectivity index is 1.69. The predicted octanol–water partition coefficient (Wildman–Crippen LogP) is 3.49. The van der Waals surface area contributed by atoms with Crippen molar-refractivity contribution >= 4 is 41.0 Å². The van der Waals surface area contributed by atoms with Crippen LogP contribution in [0.4, 0.5) is 41.1 Å². The number of anilines is 4. The summed E-state index contributed by atoms with van der Waals surface area (Å²) < 4.78 is 44.7. The Morgan fingerprint density at radius 3 is 2.56 bits per heavy atom. The number of nitrogens with one attached hydrogen (secondary N) is 3. The van der Waals surface area contributed by atoms with Crippen LogP contribution in [0.1, 0.15) is 21.5 Å². The zero-order valence-electron chi connectivity index (χ0n) is 21.1. The van der Waals surface area contributed by atoms with Crippen molar-refractivity contribution in [3.8, 4) is 5.75 Å². The van der Waals surface area contributed by atoms with E-state index in [4.69, 9.17) is 4.74 Å². The molecular weight excluding hydrogens is 519 g/mol. The van der Waals surface area contributed by atoms with Crippen molar-refractivity contribution in [2.75, 3.05) is 48.2 Å². The number of carbonyl (C=O) groups is 3.